The van der Waals surface area contributed by atoms with E-state index in [-0.39, 0.29) is 6.04 Å². The van der Waals surface area contributed by atoms with Crippen molar-refractivity contribution in [1.29, 1.82) is 0 Å². The van der Waals surface area contributed by atoms with Gasteiger partial charge in [0.2, 0.25) is 5.89 Å². The summed E-state index contributed by atoms with van der Waals surface area (Å²) in [6.45, 7) is 0.746. The number of nitrogens with one attached hydrogen (secondary N) is 1. The third-order valence-electron chi connectivity index (χ3n) is 4.39. The molecule has 1 aliphatic carbocycles. The second-order valence-electron chi connectivity index (χ2n) is 5.75. The van der Waals surface area contributed by atoms with Gasteiger partial charge in [-0.25, -0.2) is 0 Å². The summed E-state index contributed by atoms with van der Waals surface area (Å²) < 4.78 is 10.5. The molecule has 1 aliphatic heterocycles. The number of aryl methyl sites for hydroxylation is 1. The average molecular weight is 265 g/mol. The van der Waals surface area contributed by atoms with Gasteiger partial charge in [-0.3, -0.25) is 0 Å². The Kier molecular flexibility index (Phi) is 4.13. The Morgan fingerprint density at radius 3 is 3.11 bits per heavy atom. The zero-order chi connectivity index (χ0) is 13.1. The van der Waals surface area contributed by atoms with Crippen LogP contribution in [0.2, 0.25) is 0 Å². The predicted molar refractivity (Wildman–Crippen MR) is 70.7 cm³/mol. The molecule has 0 bridgehead atoms. The van der Waals surface area contributed by atoms with Crippen molar-refractivity contribution in [3.63, 3.8) is 0 Å². The number of aromatic nitrogens is 2. The number of fused-ring (bicyclic) bond motifs is 1. The van der Waals surface area contributed by atoms with Crippen molar-refractivity contribution in [2.75, 3.05) is 13.7 Å². The Balaban J connectivity index is 1.57. The number of nitrogens with zero attached hydrogens (tertiary/aromatic N) is 2. The SMILES string of the molecule is COCCCc1noc(C2CC3CCCCC3N2)n1. The van der Waals surface area contributed by atoms with Gasteiger partial charge in [-0.1, -0.05) is 18.0 Å². The van der Waals surface area contributed by atoms with Gasteiger partial charge in [-0.15, -0.1) is 0 Å². The van der Waals surface area contributed by atoms with Crippen molar-refractivity contribution in [2.45, 2.75) is 57.0 Å². The van der Waals surface area contributed by atoms with E-state index in [1.807, 2.05) is 0 Å². The second-order valence-corrected chi connectivity index (χ2v) is 5.75. The summed E-state index contributed by atoms with van der Waals surface area (Å²) in [7, 11) is 1.71. The van der Waals surface area contributed by atoms with Gasteiger partial charge in [-0.05, 0) is 31.6 Å². The molecule has 19 heavy (non-hydrogen) atoms. The summed E-state index contributed by atoms with van der Waals surface area (Å²) in [6.07, 6.45) is 8.31. The molecular weight excluding hydrogens is 242 g/mol. The number of hydrogen-bond acceptors (Lipinski definition) is 5. The number of hydrogen-bond donors (Lipinski definition) is 1. The number of ether oxygens (including phenoxy) is 1. The van der Waals surface area contributed by atoms with Gasteiger partial charge in [0.25, 0.3) is 0 Å². The fraction of sp³-hybridized carbons (Fsp3) is 0.857. The molecule has 0 amide bonds. The van der Waals surface area contributed by atoms with Crippen LogP contribution >= 0.6 is 0 Å². The van der Waals surface area contributed by atoms with Crippen molar-refractivity contribution in [3.05, 3.63) is 11.7 Å². The van der Waals surface area contributed by atoms with Crippen LogP contribution in [0.5, 0.6) is 0 Å². The Hall–Kier alpha value is -0.940. The van der Waals surface area contributed by atoms with Crippen molar-refractivity contribution < 1.29 is 9.26 Å². The van der Waals surface area contributed by atoms with Gasteiger partial charge in [0.15, 0.2) is 5.82 Å². The van der Waals surface area contributed by atoms with Crippen LogP contribution in [-0.2, 0) is 11.2 Å². The molecule has 1 saturated carbocycles. The third kappa shape index (κ3) is 2.98. The molecular formula is C14H23N3O2. The summed E-state index contributed by atoms with van der Waals surface area (Å²) >= 11 is 0. The molecule has 0 aromatic carbocycles. The normalized spacial score (nSPS) is 30.5. The van der Waals surface area contributed by atoms with Gasteiger partial charge in [0.05, 0.1) is 6.04 Å². The van der Waals surface area contributed by atoms with E-state index < -0.39 is 0 Å². The van der Waals surface area contributed by atoms with Crippen molar-refractivity contribution in [3.8, 4) is 0 Å². The molecule has 0 spiro atoms. The van der Waals surface area contributed by atoms with Gasteiger partial charge in [0.1, 0.15) is 0 Å². The lowest BCUT2D eigenvalue weighted by Crippen LogP contribution is -2.30. The average Bonchev–Trinajstić information content (AvgIpc) is 3.04. The topological polar surface area (TPSA) is 60.2 Å². The van der Waals surface area contributed by atoms with Crippen molar-refractivity contribution >= 4 is 0 Å². The van der Waals surface area contributed by atoms with Gasteiger partial charge in [0, 0.05) is 26.2 Å². The zero-order valence-corrected chi connectivity index (χ0v) is 11.6. The summed E-state index contributed by atoms with van der Waals surface area (Å²) in [5, 5.41) is 7.74. The molecule has 1 saturated heterocycles. The van der Waals surface area contributed by atoms with Gasteiger partial charge < -0.3 is 14.6 Å². The first-order valence-electron chi connectivity index (χ1n) is 7.44. The second kappa shape index (κ2) is 6.01. The smallest absolute Gasteiger partial charge is 0.243 e. The predicted octanol–water partition coefficient (Wildman–Crippen LogP) is 2.24. The fourth-order valence-corrected chi connectivity index (χ4v) is 3.40. The minimum atomic E-state index is 0.275. The van der Waals surface area contributed by atoms with Crippen LogP contribution < -0.4 is 5.32 Å². The molecule has 1 N–H and O–H groups in total. The first-order valence-corrected chi connectivity index (χ1v) is 7.44. The highest BCUT2D eigenvalue weighted by Gasteiger charge is 2.37. The zero-order valence-electron chi connectivity index (χ0n) is 11.6. The Morgan fingerprint density at radius 2 is 2.26 bits per heavy atom. The van der Waals surface area contributed by atoms with E-state index in [1.54, 1.807) is 7.11 Å². The standard InChI is InChI=1S/C14H23N3O2/c1-18-8-4-7-13-16-14(19-17-13)12-9-10-5-2-3-6-11(10)15-12/h10-12,15H,2-9H2,1H3. The maximum atomic E-state index is 5.42. The molecule has 3 unspecified atom stereocenters. The molecule has 5 heteroatoms. The maximum absolute atomic E-state index is 5.42. The van der Waals surface area contributed by atoms with Crippen molar-refractivity contribution in [2.24, 2.45) is 5.92 Å². The quantitative estimate of drug-likeness (QED) is 0.827. The summed E-state index contributed by atoms with van der Waals surface area (Å²) in [4.78, 5) is 4.53. The summed E-state index contributed by atoms with van der Waals surface area (Å²) in [5.74, 6) is 2.40. The molecule has 0 radical (unpaired) electrons. The highest BCUT2D eigenvalue weighted by Crippen LogP contribution is 2.38. The van der Waals surface area contributed by atoms with E-state index in [1.165, 1.54) is 25.7 Å². The number of rotatable bonds is 5. The van der Waals surface area contributed by atoms with Gasteiger partial charge in [-0.2, -0.15) is 4.98 Å². The van der Waals surface area contributed by atoms with Crippen LogP contribution in [-0.4, -0.2) is 29.9 Å². The first kappa shape index (κ1) is 13.1. The van der Waals surface area contributed by atoms with E-state index >= 15 is 0 Å². The lowest BCUT2D eigenvalue weighted by molar-refractivity contribution is 0.194. The van der Waals surface area contributed by atoms with E-state index in [4.69, 9.17) is 9.26 Å². The highest BCUT2D eigenvalue weighted by molar-refractivity contribution is 5.01. The largest absolute Gasteiger partial charge is 0.385 e. The van der Waals surface area contributed by atoms with Crippen LogP contribution in [0.3, 0.4) is 0 Å². The fourth-order valence-electron chi connectivity index (χ4n) is 3.40. The van der Waals surface area contributed by atoms with Gasteiger partial charge >= 0.3 is 0 Å². The molecule has 1 aromatic rings. The molecule has 106 valence electrons. The Morgan fingerprint density at radius 1 is 1.37 bits per heavy atom. The third-order valence-corrected chi connectivity index (χ3v) is 4.39. The lowest BCUT2D eigenvalue weighted by Gasteiger charge is -2.24. The minimum Gasteiger partial charge on any atom is -0.385 e. The molecule has 5 nitrogen and oxygen atoms in total. The molecule has 2 heterocycles. The van der Waals surface area contributed by atoms with E-state index in [2.05, 4.69) is 15.5 Å². The Labute approximate surface area is 114 Å². The van der Waals surface area contributed by atoms with Crippen LogP contribution in [0.1, 0.15) is 56.3 Å². The minimum absolute atomic E-state index is 0.275. The van der Waals surface area contributed by atoms with Crippen LogP contribution in [0, 0.1) is 5.92 Å². The number of methoxy groups -OCH3 is 1. The maximum Gasteiger partial charge on any atom is 0.243 e. The van der Waals surface area contributed by atoms with Crippen molar-refractivity contribution in [1.82, 2.24) is 15.5 Å². The molecule has 3 atom stereocenters. The molecule has 3 rings (SSSR count). The Bertz CT molecular complexity index is 393. The molecule has 1 aromatic heterocycles. The van der Waals surface area contributed by atoms with E-state index in [9.17, 15) is 0 Å². The monoisotopic (exact) mass is 265 g/mol. The van der Waals surface area contributed by atoms with Crippen LogP contribution in [0.25, 0.3) is 0 Å². The highest BCUT2D eigenvalue weighted by atomic mass is 16.5. The van der Waals surface area contributed by atoms with Crippen LogP contribution in [0.4, 0.5) is 0 Å². The first-order chi connectivity index (χ1) is 9.36. The van der Waals surface area contributed by atoms with E-state index in [0.29, 0.717) is 6.04 Å². The lowest BCUT2D eigenvalue weighted by atomic mass is 9.85. The molecule has 2 aliphatic rings. The van der Waals surface area contributed by atoms with Crippen LogP contribution in [0.15, 0.2) is 4.52 Å². The van der Waals surface area contributed by atoms with E-state index in [0.717, 1.165) is 43.5 Å². The summed E-state index contributed by atoms with van der Waals surface area (Å²) in [5.41, 5.74) is 0. The summed E-state index contributed by atoms with van der Waals surface area (Å²) in [6, 6.07) is 0.944. The molecule has 2 fully saturated rings.